The smallest absolute Gasteiger partial charge is 0.261 e. The van der Waals surface area contributed by atoms with Gasteiger partial charge in [-0.05, 0) is 44.2 Å². The van der Waals surface area contributed by atoms with Crippen LogP contribution >= 0.6 is 0 Å². The van der Waals surface area contributed by atoms with E-state index in [1.54, 1.807) is 12.4 Å². The standard InChI is InChI=1S/C18H23N3O2/c1-12-5-4-6-15-17(12)19-11-21(18(15)23)10-9-16(22)20(3)13(2)14-7-8-14/h4-6,11,13-14H,7-10H2,1-3H3/t13-/m1/s1. The van der Waals surface area contributed by atoms with Gasteiger partial charge in [0.2, 0.25) is 5.91 Å². The average molecular weight is 313 g/mol. The zero-order chi connectivity index (χ0) is 16.6. The van der Waals surface area contributed by atoms with E-state index >= 15 is 0 Å². The maximum Gasteiger partial charge on any atom is 0.261 e. The Kier molecular flexibility index (Phi) is 4.20. The van der Waals surface area contributed by atoms with Crippen LogP contribution in [0.15, 0.2) is 29.3 Å². The van der Waals surface area contributed by atoms with Gasteiger partial charge in [0.1, 0.15) is 0 Å². The largest absolute Gasteiger partial charge is 0.343 e. The number of hydrogen-bond donors (Lipinski definition) is 0. The van der Waals surface area contributed by atoms with Gasteiger partial charge in [-0.1, -0.05) is 12.1 Å². The number of carbonyl (C=O) groups is 1. The quantitative estimate of drug-likeness (QED) is 0.851. The minimum absolute atomic E-state index is 0.0793. The van der Waals surface area contributed by atoms with E-state index in [0.717, 1.165) is 11.1 Å². The van der Waals surface area contributed by atoms with Crippen LogP contribution in [0.4, 0.5) is 0 Å². The molecule has 0 aliphatic heterocycles. The molecule has 1 aromatic heterocycles. The van der Waals surface area contributed by atoms with E-state index in [1.807, 2.05) is 31.0 Å². The van der Waals surface area contributed by atoms with Crippen LogP contribution in [0.25, 0.3) is 10.9 Å². The summed E-state index contributed by atoms with van der Waals surface area (Å²) in [6.45, 7) is 4.41. The van der Waals surface area contributed by atoms with Gasteiger partial charge < -0.3 is 4.90 Å². The van der Waals surface area contributed by atoms with Gasteiger partial charge in [-0.3, -0.25) is 14.2 Å². The molecular weight excluding hydrogens is 290 g/mol. The van der Waals surface area contributed by atoms with E-state index in [-0.39, 0.29) is 17.5 Å². The number of aryl methyl sites for hydroxylation is 2. The summed E-state index contributed by atoms with van der Waals surface area (Å²) in [7, 11) is 1.86. The Balaban J connectivity index is 1.73. The van der Waals surface area contributed by atoms with E-state index in [9.17, 15) is 9.59 Å². The molecule has 0 saturated heterocycles. The maximum atomic E-state index is 12.5. The van der Waals surface area contributed by atoms with Crippen molar-refractivity contribution in [2.24, 2.45) is 5.92 Å². The normalized spacial score (nSPS) is 15.6. The summed E-state index contributed by atoms with van der Waals surface area (Å²) in [5.74, 6) is 0.734. The van der Waals surface area contributed by atoms with Gasteiger partial charge in [-0.25, -0.2) is 4.98 Å². The van der Waals surface area contributed by atoms with Crippen molar-refractivity contribution < 1.29 is 4.79 Å². The van der Waals surface area contributed by atoms with E-state index in [1.165, 1.54) is 17.4 Å². The monoisotopic (exact) mass is 313 g/mol. The third-order valence-corrected chi connectivity index (χ3v) is 4.93. The highest BCUT2D eigenvalue weighted by atomic mass is 16.2. The van der Waals surface area contributed by atoms with Crippen molar-refractivity contribution in [3.63, 3.8) is 0 Å². The molecule has 3 rings (SSSR count). The first-order chi connectivity index (χ1) is 11.0. The highest BCUT2D eigenvalue weighted by Gasteiger charge is 2.32. The molecule has 1 aromatic carbocycles. The Bertz CT molecular complexity index is 792. The van der Waals surface area contributed by atoms with Crippen molar-refractivity contribution in [2.45, 2.75) is 45.7 Å². The first-order valence-corrected chi connectivity index (χ1v) is 8.19. The van der Waals surface area contributed by atoms with Crippen molar-refractivity contribution in [2.75, 3.05) is 7.05 Å². The van der Waals surface area contributed by atoms with E-state index in [2.05, 4.69) is 11.9 Å². The molecule has 122 valence electrons. The van der Waals surface area contributed by atoms with Gasteiger partial charge in [-0.15, -0.1) is 0 Å². The highest BCUT2D eigenvalue weighted by Crippen LogP contribution is 2.34. The number of carbonyl (C=O) groups excluding carboxylic acids is 1. The first kappa shape index (κ1) is 15.7. The summed E-state index contributed by atoms with van der Waals surface area (Å²) in [4.78, 5) is 31.0. The number of hydrogen-bond acceptors (Lipinski definition) is 3. The predicted octanol–water partition coefficient (Wildman–Crippen LogP) is 2.35. The Morgan fingerprint density at radius 3 is 2.87 bits per heavy atom. The lowest BCUT2D eigenvalue weighted by Gasteiger charge is -2.25. The molecule has 1 amide bonds. The fraction of sp³-hybridized carbons (Fsp3) is 0.500. The molecule has 5 heteroatoms. The Hall–Kier alpha value is -2.17. The summed E-state index contributed by atoms with van der Waals surface area (Å²) in [6, 6.07) is 5.88. The molecule has 0 unspecified atom stereocenters. The second kappa shape index (κ2) is 6.14. The molecule has 0 radical (unpaired) electrons. The van der Waals surface area contributed by atoms with Crippen molar-refractivity contribution in [3.8, 4) is 0 Å². The van der Waals surface area contributed by atoms with Crippen LogP contribution in [0.1, 0.15) is 31.7 Å². The fourth-order valence-corrected chi connectivity index (χ4v) is 3.01. The topological polar surface area (TPSA) is 55.2 Å². The number of benzene rings is 1. The number of fused-ring (bicyclic) bond motifs is 1. The third-order valence-electron chi connectivity index (χ3n) is 4.93. The fourth-order valence-electron chi connectivity index (χ4n) is 3.01. The van der Waals surface area contributed by atoms with Crippen molar-refractivity contribution in [1.29, 1.82) is 0 Å². The Labute approximate surface area is 135 Å². The van der Waals surface area contributed by atoms with Crippen LogP contribution in [0.3, 0.4) is 0 Å². The maximum absolute atomic E-state index is 12.5. The van der Waals surface area contributed by atoms with Gasteiger partial charge in [0, 0.05) is 26.1 Å². The third kappa shape index (κ3) is 3.14. The van der Waals surface area contributed by atoms with E-state index < -0.39 is 0 Å². The van der Waals surface area contributed by atoms with Crippen LogP contribution < -0.4 is 5.56 Å². The number of para-hydroxylation sites is 1. The average Bonchev–Trinajstić information content (AvgIpc) is 3.38. The van der Waals surface area contributed by atoms with Gasteiger partial charge in [0.25, 0.3) is 5.56 Å². The molecule has 23 heavy (non-hydrogen) atoms. The lowest BCUT2D eigenvalue weighted by atomic mass is 10.1. The number of aromatic nitrogens is 2. The molecule has 5 nitrogen and oxygen atoms in total. The second-order valence-electron chi connectivity index (χ2n) is 6.55. The molecular formula is C18H23N3O2. The molecule has 1 saturated carbocycles. The minimum Gasteiger partial charge on any atom is -0.343 e. The molecule has 2 aromatic rings. The lowest BCUT2D eigenvalue weighted by Crippen LogP contribution is -2.37. The lowest BCUT2D eigenvalue weighted by molar-refractivity contribution is -0.132. The molecule has 1 aliphatic rings. The molecule has 1 heterocycles. The van der Waals surface area contributed by atoms with Crippen molar-refractivity contribution >= 4 is 16.8 Å². The van der Waals surface area contributed by atoms with Crippen LogP contribution in [0.5, 0.6) is 0 Å². The second-order valence-corrected chi connectivity index (χ2v) is 6.55. The molecule has 1 aliphatic carbocycles. The van der Waals surface area contributed by atoms with E-state index in [0.29, 0.717) is 24.3 Å². The number of rotatable bonds is 5. The summed E-state index contributed by atoms with van der Waals surface area (Å²) < 4.78 is 1.54. The van der Waals surface area contributed by atoms with Gasteiger partial charge >= 0.3 is 0 Å². The highest BCUT2D eigenvalue weighted by molar-refractivity contribution is 5.80. The van der Waals surface area contributed by atoms with Crippen LogP contribution in [0.2, 0.25) is 0 Å². The van der Waals surface area contributed by atoms with E-state index in [4.69, 9.17) is 0 Å². The van der Waals surface area contributed by atoms with Crippen LogP contribution in [0, 0.1) is 12.8 Å². The molecule has 0 spiro atoms. The van der Waals surface area contributed by atoms with Crippen LogP contribution in [-0.2, 0) is 11.3 Å². The molecule has 0 N–H and O–H groups in total. The summed E-state index contributed by atoms with van der Waals surface area (Å²) in [5.41, 5.74) is 1.64. The summed E-state index contributed by atoms with van der Waals surface area (Å²) in [6.07, 6.45) is 4.31. The number of amides is 1. The molecule has 1 fully saturated rings. The SMILES string of the molecule is Cc1cccc2c(=O)n(CCC(=O)N(C)[C@H](C)C3CC3)cnc12. The summed E-state index contributed by atoms with van der Waals surface area (Å²) in [5, 5.41) is 0.611. The Morgan fingerprint density at radius 2 is 2.17 bits per heavy atom. The first-order valence-electron chi connectivity index (χ1n) is 8.19. The van der Waals surface area contributed by atoms with Gasteiger partial charge in [0.05, 0.1) is 17.2 Å². The molecule has 1 atom stereocenters. The zero-order valence-corrected chi connectivity index (χ0v) is 14.0. The van der Waals surface area contributed by atoms with Crippen molar-refractivity contribution in [3.05, 3.63) is 40.4 Å². The predicted molar refractivity (Wildman–Crippen MR) is 90.3 cm³/mol. The van der Waals surface area contributed by atoms with Gasteiger partial charge in [0.15, 0.2) is 0 Å². The minimum atomic E-state index is -0.0793. The van der Waals surface area contributed by atoms with Crippen molar-refractivity contribution in [1.82, 2.24) is 14.5 Å². The summed E-state index contributed by atoms with van der Waals surface area (Å²) >= 11 is 0. The Morgan fingerprint density at radius 1 is 1.43 bits per heavy atom. The molecule has 0 bridgehead atoms. The number of nitrogens with zero attached hydrogens (tertiary/aromatic N) is 3. The zero-order valence-electron chi connectivity index (χ0n) is 14.0. The van der Waals surface area contributed by atoms with Crippen LogP contribution in [-0.4, -0.2) is 33.4 Å². The van der Waals surface area contributed by atoms with Gasteiger partial charge in [-0.2, -0.15) is 0 Å².